The molecule has 0 unspecified atom stereocenters. The Morgan fingerprint density at radius 1 is 1.12 bits per heavy atom. The fourth-order valence-electron chi connectivity index (χ4n) is 1.55. The number of benzene rings is 1. The summed E-state index contributed by atoms with van der Waals surface area (Å²) in [6.07, 6.45) is 0. The maximum atomic E-state index is 13.0. The Morgan fingerprint density at radius 2 is 1.88 bits per heavy atom. The lowest BCUT2D eigenvalue weighted by molar-refractivity contribution is 0.584. The molecule has 2 rings (SSSR count). The Labute approximate surface area is 94.4 Å². The zero-order valence-electron chi connectivity index (χ0n) is 9.31. The molecule has 0 bridgehead atoms. The highest BCUT2D eigenvalue weighted by atomic mass is 19.1. The van der Waals surface area contributed by atoms with E-state index in [9.17, 15) is 4.39 Å². The molecule has 0 aliphatic rings. The summed E-state index contributed by atoms with van der Waals surface area (Å²) in [5.41, 5.74) is 2.17. The van der Waals surface area contributed by atoms with Crippen molar-refractivity contribution in [2.45, 2.75) is 6.92 Å². The summed E-state index contributed by atoms with van der Waals surface area (Å²) in [6.45, 7) is 2.02. The second-order valence-corrected chi connectivity index (χ2v) is 3.72. The maximum Gasteiger partial charge on any atom is 0.214 e. The summed E-state index contributed by atoms with van der Waals surface area (Å²) in [6, 6.07) is 12.8. The molecule has 0 saturated heterocycles. The van der Waals surface area contributed by atoms with E-state index in [4.69, 9.17) is 0 Å². The van der Waals surface area contributed by atoms with Gasteiger partial charge in [0, 0.05) is 12.7 Å². The monoisotopic (exact) mass is 216 g/mol. The van der Waals surface area contributed by atoms with Crippen LogP contribution in [0.25, 0.3) is 0 Å². The molecule has 82 valence electrons. The van der Waals surface area contributed by atoms with Gasteiger partial charge in [0.15, 0.2) is 0 Å². The largest absolute Gasteiger partial charge is 0.329 e. The predicted octanol–water partition coefficient (Wildman–Crippen LogP) is 3.30. The number of hydrogen-bond acceptors (Lipinski definition) is 2. The Balaban J connectivity index is 2.35. The lowest BCUT2D eigenvalue weighted by Crippen LogP contribution is -2.11. The number of halogens is 1. The smallest absolute Gasteiger partial charge is 0.214 e. The van der Waals surface area contributed by atoms with Crippen LogP contribution in [0.3, 0.4) is 0 Å². The van der Waals surface area contributed by atoms with Gasteiger partial charge in [0.05, 0.1) is 0 Å². The molecule has 0 amide bonds. The zero-order chi connectivity index (χ0) is 11.5. The molecule has 3 heteroatoms. The molecule has 0 aliphatic carbocycles. The molecule has 0 aliphatic heterocycles. The molecule has 2 nitrogen and oxygen atoms in total. The minimum Gasteiger partial charge on any atom is -0.329 e. The maximum absolute atomic E-state index is 13.0. The van der Waals surface area contributed by atoms with Gasteiger partial charge in [0.25, 0.3) is 0 Å². The Hall–Kier alpha value is -1.90. The van der Waals surface area contributed by atoms with Crippen LogP contribution in [0.15, 0.2) is 42.5 Å². The highest BCUT2D eigenvalue weighted by Crippen LogP contribution is 2.22. The SMILES string of the molecule is Cc1cccc(N(C)c2cccc(F)n2)c1. The van der Waals surface area contributed by atoms with Crippen molar-refractivity contribution < 1.29 is 4.39 Å². The van der Waals surface area contributed by atoms with Gasteiger partial charge in [-0.3, -0.25) is 0 Å². The summed E-state index contributed by atoms with van der Waals surface area (Å²) in [7, 11) is 1.87. The molecule has 0 spiro atoms. The number of hydrogen-bond donors (Lipinski definition) is 0. The van der Waals surface area contributed by atoms with E-state index in [0.717, 1.165) is 5.69 Å². The van der Waals surface area contributed by atoms with E-state index in [1.807, 2.05) is 43.1 Å². The first-order valence-electron chi connectivity index (χ1n) is 5.10. The van der Waals surface area contributed by atoms with E-state index < -0.39 is 5.95 Å². The van der Waals surface area contributed by atoms with E-state index in [2.05, 4.69) is 4.98 Å². The van der Waals surface area contributed by atoms with Crippen LogP contribution < -0.4 is 4.90 Å². The minimum atomic E-state index is -0.461. The Kier molecular flexibility index (Phi) is 2.86. The fraction of sp³-hybridized carbons (Fsp3) is 0.154. The third-order valence-corrected chi connectivity index (χ3v) is 2.43. The number of aryl methyl sites for hydroxylation is 1. The summed E-state index contributed by atoms with van der Waals surface area (Å²) in [5.74, 6) is 0.141. The topological polar surface area (TPSA) is 16.1 Å². The number of nitrogens with zero attached hydrogens (tertiary/aromatic N) is 2. The van der Waals surface area contributed by atoms with Crippen LogP contribution in [0.5, 0.6) is 0 Å². The van der Waals surface area contributed by atoms with Crippen molar-refractivity contribution >= 4 is 11.5 Å². The lowest BCUT2D eigenvalue weighted by Gasteiger charge is -2.18. The van der Waals surface area contributed by atoms with Crippen LogP contribution in [0.2, 0.25) is 0 Å². The van der Waals surface area contributed by atoms with Crippen LogP contribution in [0.1, 0.15) is 5.56 Å². The highest BCUT2D eigenvalue weighted by molar-refractivity contribution is 5.59. The molecule has 1 aromatic carbocycles. The van der Waals surface area contributed by atoms with Crippen LogP contribution >= 0.6 is 0 Å². The van der Waals surface area contributed by atoms with Gasteiger partial charge in [0.2, 0.25) is 5.95 Å². The Bertz CT molecular complexity index is 451. The fourth-order valence-corrected chi connectivity index (χ4v) is 1.55. The van der Waals surface area contributed by atoms with Crippen LogP contribution in [-0.4, -0.2) is 12.0 Å². The third kappa shape index (κ3) is 2.19. The van der Waals surface area contributed by atoms with Gasteiger partial charge in [-0.15, -0.1) is 0 Å². The van der Waals surface area contributed by atoms with Gasteiger partial charge in [-0.05, 0) is 36.8 Å². The number of rotatable bonds is 2. The first kappa shape index (κ1) is 10.6. The van der Waals surface area contributed by atoms with Gasteiger partial charge >= 0.3 is 0 Å². The number of pyridine rings is 1. The van der Waals surface area contributed by atoms with Crippen LogP contribution in [0, 0.1) is 12.9 Å². The summed E-state index contributed by atoms with van der Waals surface area (Å²) < 4.78 is 13.0. The van der Waals surface area contributed by atoms with E-state index in [1.54, 1.807) is 12.1 Å². The standard InChI is InChI=1S/C13H13FN2/c1-10-5-3-6-11(9-10)16(2)13-8-4-7-12(14)15-13/h3-9H,1-2H3. The van der Waals surface area contributed by atoms with E-state index >= 15 is 0 Å². The molecule has 0 atom stereocenters. The second-order valence-electron chi connectivity index (χ2n) is 3.72. The summed E-state index contributed by atoms with van der Waals surface area (Å²) in [5, 5.41) is 0. The van der Waals surface area contributed by atoms with E-state index in [1.165, 1.54) is 11.6 Å². The predicted molar refractivity (Wildman–Crippen MR) is 63.4 cm³/mol. The average Bonchev–Trinajstić information content (AvgIpc) is 2.28. The highest BCUT2D eigenvalue weighted by Gasteiger charge is 2.05. The molecular weight excluding hydrogens is 203 g/mol. The number of anilines is 2. The van der Waals surface area contributed by atoms with Gasteiger partial charge in [-0.1, -0.05) is 18.2 Å². The molecule has 0 saturated carbocycles. The van der Waals surface area contributed by atoms with Crippen molar-refractivity contribution in [1.29, 1.82) is 0 Å². The molecular formula is C13H13FN2. The third-order valence-electron chi connectivity index (χ3n) is 2.43. The average molecular weight is 216 g/mol. The zero-order valence-corrected chi connectivity index (χ0v) is 9.31. The minimum absolute atomic E-state index is 0.461. The summed E-state index contributed by atoms with van der Waals surface area (Å²) >= 11 is 0. The molecule has 1 aromatic heterocycles. The normalized spacial score (nSPS) is 10.2. The van der Waals surface area contributed by atoms with Crippen molar-refractivity contribution in [1.82, 2.24) is 4.98 Å². The van der Waals surface area contributed by atoms with E-state index in [-0.39, 0.29) is 0 Å². The first-order chi connectivity index (χ1) is 7.66. The van der Waals surface area contributed by atoms with E-state index in [0.29, 0.717) is 5.82 Å². The van der Waals surface area contributed by atoms with Crippen molar-refractivity contribution in [2.24, 2.45) is 0 Å². The van der Waals surface area contributed by atoms with Crippen molar-refractivity contribution in [2.75, 3.05) is 11.9 Å². The van der Waals surface area contributed by atoms with Crippen molar-refractivity contribution in [3.05, 3.63) is 54.0 Å². The van der Waals surface area contributed by atoms with Crippen molar-refractivity contribution in [3.8, 4) is 0 Å². The van der Waals surface area contributed by atoms with Gasteiger partial charge in [0.1, 0.15) is 5.82 Å². The molecule has 1 heterocycles. The molecule has 0 N–H and O–H groups in total. The van der Waals surface area contributed by atoms with Crippen LogP contribution in [-0.2, 0) is 0 Å². The molecule has 16 heavy (non-hydrogen) atoms. The Morgan fingerprint density at radius 3 is 2.56 bits per heavy atom. The molecule has 0 fully saturated rings. The summed E-state index contributed by atoms with van der Waals surface area (Å²) in [4.78, 5) is 5.70. The number of aromatic nitrogens is 1. The second kappa shape index (κ2) is 4.31. The first-order valence-corrected chi connectivity index (χ1v) is 5.10. The van der Waals surface area contributed by atoms with Crippen molar-refractivity contribution in [3.63, 3.8) is 0 Å². The lowest BCUT2D eigenvalue weighted by atomic mass is 10.2. The van der Waals surface area contributed by atoms with Gasteiger partial charge in [-0.25, -0.2) is 4.98 Å². The van der Waals surface area contributed by atoms with Gasteiger partial charge in [-0.2, -0.15) is 4.39 Å². The molecule has 2 aromatic rings. The van der Waals surface area contributed by atoms with Crippen LogP contribution in [0.4, 0.5) is 15.9 Å². The quantitative estimate of drug-likeness (QED) is 0.716. The van der Waals surface area contributed by atoms with Gasteiger partial charge < -0.3 is 4.90 Å². The molecule has 0 radical (unpaired) electrons.